The molecule has 2 heterocycles. The standard InChI is InChI=1S/C23H17F6N5O/c1-13-9-20(23(27,28)29)33-34(13)12-21(35)31-15-6-4-5-14(10-15)30-18-11-19(22(24,25)26)32-17-8-3-2-7-16(17)18/h2-11H,12H2,1H3,(H,30,32)(H,31,35). The zero-order chi connectivity index (χ0) is 25.4. The molecule has 4 rings (SSSR count). The van der Waals surface area contributed by atoms with Crippen molar-refractivity contribution in [2.45, 2.75) is 25.8 Å². The Bertz CT molecular complexity index is 1390. The molecular weight excluding hydrogens is 476 g/mol. The van der Waals surface area contributed by atoms with E-state index in [1.54, 1.807) is 30.3 Å². The highest BCUT2D eigenvalue weighted by molar-refractivity contribution is 5.94. The van der Waals surface area contributed by atoms with Gasteiger partial charge in [0, 0.05) is 22.5 Å². The van der Waals surface area contributed by atoms with Gasteiger partial charge in [0.1, 0.15) is 12.2 Å². The predicted octanol–water partition coefficient (Wildman–Crippen LogP) is 6.16. The number of aryl methyl sites for hydroxylation is 1. The molecule has 0 bridgehead atoms. The number of nitrogens with one attached hydrogen (secondary N) is 2. The first-order valence-corrected chi connectivity index (χ1v) is 10.2. The van der Waals surface area contributed by atoms with Gasteiger partial charge in [-0.05, 0) is 43.3 Å². The number of anilines is 3. The number of nitrogens with zero attached hydrogens (tertiary/aromatic N) is 3. The van der Waals surface area contributed by atoms with E-state index in [2.05, 4.69) is 20.7 Å². The molecule has 0 radical (unpaired) electrons. The molecule has 6 nitrogen and oxygen atoms in total. The smallest absolute Gasteiger partial charge is 0.355 e. The molecule has 0 aliphatic heterocycles. The van der Waals surface area contributed by atoms with E-state index in [1.807, 2.05) is 0 Å². The molecule has 2 aromatic carbocycles. The highest BCUT2D eigenvalue weighted by Gasteiger charge is 2.35. The van der Waals surface area contributed by atoms with Crippen LogP contribution in [0.1, 0.15) is 17.1 Å². The summed E-state index contributed by atoms with van der Waals surface area (Å²) in [7, 11) is 0. The van der Waals surface area contributed by atoms with E-state index in [9.17, 15) is 31.1 Å². The van der Waals surface area contributed by atoms with E-state index < -0.39 is 36.2 Å². The Hall–Kier alpha value is -4.09. The SMILES string of the molecule is Cc1cc(C(F)(F)F)nn1CC(=O)Nc1cccc(Nc2cc(C(F)(F)F)nc3ccccc23)c1. The van der Waals surface area contributed by atoms with Crippen LogP contribution in [0.15, 0.2) is 60.7 Å². The third-order valence-corrected chi connectivity index (χ3v) is 5.00. The zero-order valence-electron chi connectivity index (χ0n) is 18.0. The summed E-state index contributed by atoms with van der Waals surface area (Å²) in [4.78, 5) is 16.1. The Kier molecular flexibility index (Phi) is 6.14. The first-order chi connectivity index (χ1) is 16.4. The minimum Gasteiger partial charge on any atom is -0.355 e. The van der Waals surface area contributed by atoms with Crippen molar-refractivity contribution in [3.63, 3.8) is 0 Å². The second kappa shape index (κ2) is 8.93. The maximum atomic E-state index is 13.3. The molecule has 182 valence electrons. The highest BCUT2D eigenvalue weighted by Crippen LogP contribution is 2.34. The lowest BCUT2D eigenvalue weighted by Crippen LogP contribution is -2.20. The van der Waals surface area contributed by atoms with Crippen LogP contribution in [-0.4, -0.2) is 20.7 Å². The molecule has 2 aromatic heterocycles. The van der Waals surface area contributed by atoms with Gasteiger partial charge in [-0.25, -0.2) is 4.98 Å². The maximum Gasteiger partial charge on any atom is 0.435 e. The molecule has 0 atom stereocenters. The lowest BCUT2D eigenvalue weighted by Gasteiger charge is -2.14. The third-order valence-electron chi connectivity index (χ3n) is 5.00. The van der Waals surface area contributed by atoms with Crippen molar-refractivity contribution in [2.75, 3.05) is 10.6 Å². The molecule has 0 aliphatic carbocycles. The topological polar surface area (TPSA) is 71.8 Å². The number of halogens is 6. The molecule has 12 heteroatoms. The zero-order valence-corrected chi connectivity index (χ0v) is 18.0. The molecule has 0 fully saturated rings. The first kappa shape index (κ1) is 24.0. The van der Waals surface area contributed by atoms with Crippen LogP contribution in [0.2, 0.25) is 0 Å². The summed E-state index contributed by atoms with van der Waals surface area (Å²) < 4.78 is 79.3. The Labute approximate surface area is 194 Å². The molecule has 1 amide bonds. The van der Waals surface area contributed by atoms with Crippen LogP contribution in [0.25, 0.3) is 10.9 Å². The van der Waals surface area contributed by atoms with Crippen molar-refractivity contribution in [3.8, 4) is 0 Å². The fourth-order valence-corrected chi connectivity index (χ4v) is 3.40. The minimum absolute atomic E-state index is 0.155. The van der Waals surface area contributed by atoms with Gasteiger partial charge < -0.3 is 10.6 Å². The minimum atomic E-state index is -4.65. The van der Waals surface area contributed by atoms with Gasteiger partial charge >= 0.3 is 12.4 Å². The Morgan fingerprint density at radius 3 is 2.26 bits per heavy atom. The van der Waals surface area contributed by atoms with Gasteiger partial charge in [-0.3, -0.25) is 9.48 Å². The summed E-state index contributed by atoms with van der Waals surface area (Å²) in [5, 5.41) is 9.35. The fraction of sp³-hybridized carbons (Fsp3) is 0.174. The number of carbonyl (C=O) groups excluding carboxylic acids is 1. The lowest BCUT2D eigenvalue weighted by molar-refractivity contribution is -0.142. The summed E-state index contributed by atoms with van der Waals surface area (Å²) in [6, 6.07) is 14.2. The van der Waals surface area contributed by atoms with Crippen LogP contribution >= 0.6 is 0 Å². The number of hydrogen-bond acceptors (Lipinski definition) is 4. The van der Waals surface area contributed by atoms with Crippen molar-refractivity contribution in [1.82, 2.24) is 14.8 Å². The fourth-order valence-electron chi connectivity index (χ4n) is 3.40. The number of rotatable bonds is 5. The Balaban J connectivity index is 1.54. The van der Waals surface area contributed by atoms with Crippen LogP contribution in [0.4, 0.5) is 43.4 Å². The van der Waals surface area contributed by atoms with Crippen molar-refractivity contribution in [1.29, 1.82) is 0 Å². The average molecular weight is 493 g/mol. The van der Waals surface area contributed by atoms with Gasteiger partial charge in [0.15, 0.2) is 5.69 Å². The lowest BCUT2D eigenvalue weighted by atomic mass is 10.1. The van der Waals surface area contributed by atoms with Crippen molar-refractivity contribution >= 4 is 33.9 Å². The second-order valence-corrected chi connectivity index (χ2v) is 7.65. The van der Waals surface area contributed by atoms with Gasteiger partial charge in [-0.15, -0.1) is 0 Å². The number of carbonyl (C=O) groups is 1. The molecule has 0 aliphatic rings. The first-order valence-electron chi connectivity index (χ1n) is 10.2. The van der Waals surface area contributed by atoms with E-state index in [0.717, 1.165) is 16.8 Å². The molecule has 2 N–H and O–H groups in total. The van der Waals surface area contributed by atoms with Crippen LogP contribution < -0.4 is 10.6 Å². The third kappa shape index (κ3) is 5.53. The van der Waals surface area contributed by atoms with Gasteiger partial charge in [0.05, 0.1) is 11.2 Å². The van der Waals surface area contributed by atoms with E-state index in [-0.39, 0.29) is 22.6 Å². The molecular formula is C23H17F6N5O. The quantitative estimate of drug-likeness (QED) is 0.327. The van der Waals surface area contributed by atoms with E-state index >= 15 is 0 Å². The van der Waals surface area contributed by atoms with Gasteiger partial charge in [0.2, 0.25) is 5.91 Å². The number of para-hydroxylation sites is 1. The number of amides is 1. The number of alkyl halides is 6. The monoisotopic (exact) mass is 493 g/mol. The van der Waals surface area contributed by atoms with E-state index in [4.69, 9.17) is 0 Å². The number of aromatic nitrogens is 3. The van der Waals surface area contributed by atoms with Gasteiger partial charge in [0.25, 0.3) is 0 Å². The Morgan fingerprint density at radius 1 is 0.886 bits per heavy atom. The Morgan fingerprint density at radius 2 is 1.57 bits per heavy atom. The van der Waals surface area contributed by atoms with Crippen LogP contribution in [0, 0.1) is 6.92 Å². The normalized spacial score (nSPS) is 12.1. The van der Waals surface area contributed by atoms with Crippen LogP contribution in [-0.2, 0) is 23.7 Å². The van der Waals surface area contributed by atoms with Crippen molar-refractivity contribution < 1.29 is 31.1 Å². The summed E-state index contributed by atoms with van der Waals surface area (Å²) in [5.41, 5.74) is -1.02. The molecule has 0 saturated heterocycles. The number of benzene rings is 2. The summed E-state index contributed by atoms with van der Waals surface area (Å²) in [6.45, 7) is 0.942. The second-order valence-electron chi connectivity index (χ2n) is 7.65. The van der Waals surface area contributed by atoms with E-state index in [0.29, 0.717) is 11.1 Å². The number of fused-ring (bicyclic) bond motifs is 1. The summed E-state index contributed by atoms with van der Waals surface area (Å²) in [6.07, 6.45) is -9.28. The largest absolute Gasteiger partial charge is 0.435 e. The average Bonchev–Trinajstić information content (AvgIpc) is 3.14. The summed E-state index contributed by atoms with van der Waals surface area (Å²) in [5.74, 6) is -0.629. The molecule has 4 aromatic rings. The maximum absolute atomic E-state index is 13.3. The van der Waals surface area contributed by atoms with Crippen LogP contribution in [0.3, 0.4) is 0 Å². The molecule has 0 spiro atoms. The highest BCUT2D eigenvalue weighted by atomic mass is 19.4. The molecule has 0 saturated carbocycles. The van der Waals surface area contributed by atoms with E-state index in [1.165, 1.54) is 25.1 Å². The van der Waals surface area contributed by atoms with Crippen molar-refractivity contribution in [2.24, 2.45) is 0 Å². The predicted molar refractivity (Wildman–Crippen MR) is 117 cm³/mol. The number of hydrogen-bond donors (Lipinski definition) is 2. The van der Waals surface area contributed by atoms with Gasteiger partial charge in [-0.1, -0.05) is 24.3 Å². The van der Waals surface area contributed by atoms with Crippen LogP contribution in [0.5, 0.6) is 0 Å². The molecule has 35 heavy (non-hydrogen) atoms. The van der Waals surface area contributed by atoms with Gasteiger partial charge in [-0.2, -0.15) is 31.4 Å². The molecule has 0 unspecified atom stereocenters. The number of pyridine rings is 1. The van der Waals surface area contributed by atoms with Crippen molar-refractivity contribution in [3.05, 3.63) is 77.7 Å². The summed E-state index contributed by atoms with van der Waals surface area (Å²) >= 11 is 0.